The largest absolute Gasteiger partial charge is 0.464 e. The predicted octanol–water partition coefficient (Wildman–Crippen LogP) is 4.46. The zero-order chi connectivity index (χ0) is 20.8. The van der Waals surface area contributed by atoms with E-state index in [0.29, 0.717) is 33.9 Å². The Kier molecular flexibility index (Phi) is 4.24. The Morgan fingerprint density at radius 3 is 2.73 bits per heavy atom. The first-order valence-electron chi connectivity index (χ1n) is 9.63. The van der Waals surface area contributed by atoms with E-state index in [-0.39, 0.29) is 25.5 Å². The van der Waals surface area contributed by atoms with E-state index in [1.807, 2.05) is 19.9 Å². The molecule has 0 saturated carbocycles. The second kappa shape index (κ2) is 6.95. The Morgan fingerprint density at radius 1 is 1.03 bits per heavy atom. The normalized spacial score (nSPS) is 12.6. The minimum absolute atomic E-state index is 0.151. The van der Waals surface area contributed by atoms with Gasteiger partial charge in [0.25, 0.3) is 0 Å². The van der Waals surface area contributed by atoms with E-state index in [1.165, 1.54) is 0 Å². The first-order chi connectivity index (χ1) is 14.5. The molecule has 4 aromatic rings. The molecule has 2 aromatic carbocycles. The summed E-state index contributed by atoms with van der Waals surface area (Å²) >= 11 is 0. The van der Waals surface area contributed by atoms with Crippen LogP contribution >= 0.6 is 0 Å². The maximum absolute atomic E-state index is 12.5. The molecule has 5 rings (SSSR count). The third kappa shape index (κ3) is 3.08. The predicted molar refractivity (Wildman–Crippen MR) is 111 cm³/mol. The van der Waals surface area contributed by atoms with Crippen molar-refractivity contribution in [3.05, 3.63) is 63.7 Å². The number of furan rings is 1. The van der Waals surface area contributed by atoms with E-state index in [1.54, 1.807) is 30.5 Å². The number of hydrogen-bond donors (Lipinski definition) is 1. The number of hydrogen-bond acceptors (Lipinski definition) is 6. The maximum Gasteiger partial charge on any atom is 0.339 e. The molecule has 0 fully saturated rings. The van der Waals surface area contributed by atoms with Crippen LogP contribution in [0.2, 0.25) is 0 Å². The number of carbonyl (C=O) groups excluding carboxylic acids is 1. The van der Waals surface area contributed by atoms with Crippen molar-refractivity contribution in [3.63, 3.8) is 0 Å². The number of ether oxygens (including phenoxy) is 2. The molecule has 7 heteroatoms. The minimum Gasteiger partial charge on any atom is -0.464 e. The number of aryl methyl sites for hydroxylation is 2. The molecule has 3 heterocycles. The topological polar surface area (TPSA) is 90.9 Å². The highest BCUT2D eigenvalue weighted by atomic mass is 16.7. The van der Waals surface area contributed by atoms with Gasteiger partial charge in [-0.1, -0.05) is 0 Å². The standard InChI is InChI=1S/C23H19NO6/c1-12-10-27-19-9-20-17(8-16(12)19)13(2)15(23(26)30-20)4-6-22(25)24-14-3-5-18-21(7-14)29-11-28-18/h3,5,7-10H,4,6,11H2,1-2H3,(H,24,25). The lowest BCUT2D eigenvalue weighted by molar-refractivity contribution is -0.116. The summed E-state index contributed by atoms with van der Waals surface area (Å²) in [5, 5.41) is 4.65. The van der Waals surface area contributed by atoms with Crippen molar-refractivity contribution < 1.29 is 23.1 Å². The first kappa shape index (κ1) is 18.3. The average Bonchev–Trinajstić information content (AvgIpc) is 3.33. The summed E-state index contributed by atoms with van der Waals surface area (Å²) in [6.07, 6.45) is 2.11. The second-order valence-electron chi connectivity index (χ2n) is 7.37. The fourth-order valence-corrected chi connectivity index (χ4v) is 3.76. The van der Waals surface area contributed by atoms with Crippen molar-refractivity contribution in [2.75, 3.05) is 12.1 Å². The van der Waals surface area contributed by atoms with E-state index >= 15 is 0 Å². The minimum atomic E-state index is -0.432. The van der Waals surface area contributed by atoms with E-state index in [0.717, 1.165) is 21.9 Å². The Morgan fingerprint density at radius 2 is 1.87 bits per heavy atom. The molecule has 7 nitrogen and oxygen atoms in total. The molecule has 152 valence electrons. The molecule has 1 aliphatic heterocycles. The Labute approximate surface area is 171 Å². The average molecular weight is 405 g/mol. The Bertz CT molecular complexity index is 1360. The second-order valence-corrected chi connectivity index (χ2v) is 7.37. The van der Waals surface area contributed by atoms with Crippen molar-refractivity contribution in [2.24, 2.45) is 0 Å². The van der Waals surface area contributed by atoms with Gasteiger partial charge in [0.05, 0.1) is 6.26 Å². The Balaban J connectivity index is 1.38. The highest BCUT2D eigenvalue weighted by Crippen LogP contribution is 2.34. The van der Waals surface area contributed by atoms with Gasteiger partial charge in [0.2, 0.25) is 12.7 Å². The van der Waals surface area contributed by atoms with Gasteiger partial charge < -0.3 is 23.6 Å². The van der Waals surface area contributed by atoms with Crippen LogP contribution < -0.4 is 20.4 Å². The lowest BCUT2D eigenvalue weighted by atomic mass is 10.0. The van der Waals surface area contributed by atoms with Crippen LogP contribution in [-0.2, 0) is 11.2 Å². The van der Waals surface area contributed by atoms with Gasteiger partial charge in [-0.25, -0.2) is 4.79 Å². The van der Waals surface area contributed by atoms with Crippen molar-refractivity contribution in [1.82, 2.24) is 0 Å². The highest BCUT2D eigenvalue weighted by Gasteiger charge is 2.17. The van der Waals surface area contributed by atoms with Crippen molar-refractivity contribution in [1.29, 1.82) is 0 Å². The smallest absolute Gasteiger partial charge is 0.339 e. The molecule has 0 unspecified atom stereocenters. The number of carbonyl (C=O) groups is 1. The molecule has 30 heavy (non-hydrogen) atoms. The molecule has 2 aromatic heterocycles. The van der Waals surface area contributed by atoms with E-state index in [4.69, 9.17) is 18.3 Å². The van der Waals surface area contributed by atoms with Crippen molar-refractivity contribution >= 4 is 33.5 Å². The highest BCUT2D eigenvalue weighted by molar-refractivity contribution is 5.96. The number of rotatable bonds is 4. The lowest BCUT2D eigenvalue weighted by Crippen LogP contribution is -2.16. The summed E-state index contributed by atoms with van der Waals surface area (Å²) in [6.45, 7) is 4.02. The summed E-state index contributed by atoms with van der Waals surface area (Å²) in [7, 11) is 0. The number of benzene rings is 2. The molecule has 1 amide bonds. The van der Waals surface area contributed by atoms with Gasteiger partial charge in [-0.05, 0) is 49.6 Å². The van der Waals surface area contributed by atoms with Crippen LogP contribution in [0.4, 0.5) is 5.69 Å². The SMILES string of the molecule is Cc1coc2cc3oc(=O)c(CCC(=O)Nc4ccc5c(c4)OCO5)c(C)c3cc12. The number of amides is 1. The molecular formula is C23H19NO6. The maximum atomic E-state index is 12.5. The van der Waals surface area contributed by atoms with Crippen LogP contribution in [-0.4, -0.2) is 12.7 Å². The van der Waals surface area contributed by atoms with Crippen LogP contribution in [0, 0.1) is 13.8 Å². The zero-order valence-electron chi connectivity index (χ0n) is 16.5. The Hall–Kier alpha value is -3.74. The number of fused-ring (bicyclic) bond motifs is 3. The monoisotopic (exact) mass is 405 g/mol. The summed E-state index contributed by atoms with van der Waals surface area (Å²) in [4.78, 5) is 25.0. The summed E-state index contributed by atoms with van der Waals surface area (Å²) in [5.41, 5.74) is 3.68. The van der Waals surface area contributed by atoms with Crippen LogP contribution in [0.3, 0.4) is 0 Å². The summed E-state index contributed by atoms with van der Waals surface area (Å²) < 4.78 is 21.6. The van der Waals surface area contributed by atoms with E-state index in [2.05, 4.69) is 5.32 Å². The molecule has 0 saturated heterocycles. The molecular weight excluding hydrogens is 386 g/mol. The molecule has 0 spiro atoms. The van der Waals surface area contributed by atoms with E-state index < -0.39 is 5.63 Å². The van der Waals surface area contributed by atoms with Crippen LogP contribution in [0.25, 0.3) is 21.9 Å². The van der Waals surface area contributed by atoms with Gasteiger partial charge in [-0.2, -0.15) is 0 Å². The lowest BCUT2D eigenvalue weighted by Gasteiger charge is -2.09. The number of nitrogens with one attached hydrogen (secondary N) is 1. The first-order valence-corrected chi connectivity index (χ1v) is 9.63. The van der Waals surface area contributed by atoms with Gasteiger partial charge >= 0.3 is 5.63 Å². The third-order valence-corrected chi connectivity index (χ3v) is 5.43. The quantitative estimate of drug-likeness (QED) is 0.504. The summed E-state index contributed by atoms with van der Waals surface area (Å²) in [5.74, 6) is 1.05. The molecule has 0 aliphatic carbocycles. The van der Waals surface area contributed by atoms with Gasteiger partial charge in [-0.3, -0.25) is 4.79 Å². The van der Waals surface area contributed by atoms with Crippen LogP contribution in [0.1, 0.15) is 23.1 Å². The molecule has 0 bridgehead atoms. The molecule has 1 N–H and O–H groups in total. The molecule has 1 aliphatic rings. The number of anilines is 1. The van der Waals surface area contributed by atoms with Gasteiger partial charge in [-0.15, -0.1) is 0 Å². The van der Waals surface area contributed by atoms with Crippen LogP contribution in [0.15, 0.2) is 50.2 Å². The van der Waals surface area contributed by atoms with Crippen molar-refractivity contribution in [3.8, 4) is 11.5 Å². The van der Waals surface area contributed by atoms with E-state index in [9.17, 15) is 9.59 Å². The van der Waals surface area contributed by atoms with Gasteiger partial charge in [0.15, 0.2) is 11.5 Å². The zero-order valence-corrected chi connectivity index (χ0v) is 16.5. The fraction of sp³-hybridized carbons (Fsp3) is 0.217. The molecule has 0 radical (unpaired) electrons. The third-order valence-electron chi connectivity index (χ3n) is 5.43. The summed E-state index contributed by atoms with van der Waals surface area (Å²) in [6, 6.07) is 8.92. The molecule has 0 atom stereocenters. The fourth-order valence-electron chi connectivity index (χ4n) is 3.76. The van der Waals surface area contributed by atoms with Crippen LogP contribution in [0.5, 0.6) is 11.5 Å². The van der Waals surface area contributed by atoms with Crippen molar-refractivity contribution in [2.45, 2.75) is 26.7 Å². The van der Waals surface area contributed by atoms with Gasteiger partial charge in [0.1, 0.15) is 11.2 Å². The van der Waals surface area contributed by atoms with Gasteiger partial charge in [0, 0.05) is 40.6 Å².